The molecule has 1 fully saturated rings. The van der Waals surface area contributed by atoms with E-state index in [1.807, 2.05) is 19.1 Å². The summed E-state index contributed by atoms with van der Waals surface area (Å²) < 4.78 is 13.2. The monoisotopic (exact) mass is 303 g/mol. The zero-order valence-corrected chi connectivity index (χ0v) is 12.8. The molecule has 1 saturated carbocycles. The molecule has 1 aliphatic rings. The van der Waals surface area contributed by atoms with Crippen molar-refractivity contribution in [3.05, 3.63) is 53.4 Å². The molecule has 0 aliphatic heterocycles. The van der Waals surface area contributed by atoms with Crippen LogP contribution in [0.1, 0.15) is 30.1 Å². The summed E-state index contributed by atoms with van der Waals surface area (Å²) in [6.07, 6.45) is 2.54. The summed E-state index contributed by atoms with van der Waals surface area (Å²) in [4.78, 5) is 9.94. The van der Waals surface area contributed by atoms with Gasteiger partial charge in [0.25, 0.3) is 0 Å². The molecule has 21 heavy (non-hydrogen) atoms. The SMILES string of the molecule is Cc1cc(CNC2CC2)nc(CSc2cccc(F)c2)n1. The molecule has 0 unspecified atom stereocenters. The molecule has 1 aromatic heterocycles. The molecule has 3 nitrogen and oxygen atoms in total. The van der Waals surface area contributed by atoms with Gasteiger partial charge >= 0.3 is 0 Å². The third kappa shape index (κ3) is 4.51. The second-order valence-corrected chi connectivity index (χ2v) is 6.37. The number of aryl methyl sites for hydroxylation is 1. The van der Waals surface area contributed by atoms with Crippen molar-refractivity contribution >= 4 is 11.8 Å². The number of nitrogens with zero attached hydrogens (tertiary/aromatic N) is 2. The topological polar surface area (TPSA) is 37.8 Å². The molecule has 5 heteroatoms. The summed E-state index contributed by atoms with van der Waals surface area (Å²) in [6.45, 7) is 2.78. The highest BCUT2D eigenvalue weighted by Gasteiger charge is 2.20. The molecule has 0 radical (unpaired) electrons. The fraction of sp³-hybridized carbons (Fsp3) is 0.375. The number of aromatic nitrogens is 2. The molecule has 1 N–H and O–H groups in total. The number of rotatable bonds is 6. The Morgan fingerprint density at radius 1 is 1.29 bits per heavy atom. The van der Waals surface area contributed by atoms with Crippen LogP contribution in [0.25, 0.3) is 0 Å². The number of thioether (sulfide) groups is 1. The van der Waals surface area contributed by atoms with E-state index in [-0.39, 0.29) is 5.82 Å². The maximum atomic E-state index is 13.2. The predicted molar refractivity (Wildman–Crippen MR) is 82.6 cm³/mol. The van der Waals surface area contributed by atoms with Crippen LogP contribution in [0.15, 0.2) is 35.2 Å². The van der Waals surface area contributed by atoms with Crippen molar-refractivity contribution in [2.45, 2.75) is 43.0 Å². The quantitative estimate of drug-likeness (QED) is 0.829. The van der Waals surface area contributed by atoms with Gasteiger partial charge in [-0.25, -0.2) is 14.4 Å². The van der Waals surface area contributed by atoms with Gasteiger partial charge in [-0.05, 0) is 44.0 Å². The Hall–Kier alpha value is -1.46. The zero-order chi connectivity index (χ0) is 14.7. The Morgan fingerprint density at radius 2 is 2.14 bits per heavy atom. The third-order valence-electron chi connectivity index (χ3n) is 3.27. The third-order valence-corrected chi connectivity index (χ3v) is 4.26. The molecule has 0 spiro atoms. The first kappa shape index (κ1) is 14.5. The van der Waals surface area contributed by atoms with Crippen LogP contribution in [0.3, 0.4) is 0 Å². The van der Waals surface area contributed by atoms with Gasteiger partial charge in [-0.2, -0.15) is 0 Å². The Morgan fingerprint density at radius 3 is 2.90 bits per heavy atom. The lowest BCUT2D eigenvalue weighted by Crippen LogP contribution is -2.17. The molecule has 0 bridgehead atoms. The summed E-state index contributed by atoms with van der Waals surface area (Å²) in [6, 6.07) is 9.31. The Balaban J connectivity index is 1.63. The highest BCUT2D eigenvalue weighted by molar-refractivity contribution is 7.98. The van der Waals surface area contributed by atoms with E-state index in [0.717, 1.165) is 28.7 Å². The Bertz CT molecular complexity index is 629. The fourth-order valence-electron chi connectivity index (χ4n) is 2.10. The van der Waals surface area contributed by atoms with Gasteiger partial charge in [0.1, 0.15) is 11.6 Å². The van der Waals surface area contributed by atoms with E-state index in [1.165, 1.54) is 25.0 Å². The van der Waals surface area contributed by atoms with Gasteiger partial charge in [0.2, 0.25) is 0 Å². The van der Waals surface area contributed by atoms with Crippen molar-refractivity contribution < 1.29 is 4.39 Å². The molecule has 1 aromatic carbocycles. The summed E-state index contributed by atoms with van der Waals surface area (Å²) in [5, 5.41) is 3.46. The summed E-state index contributed by atoms with van der Waals surface area (Å²) in [7, 11) is 0. The van der Waals surface area contributed by atoms with Gasteiger partial charge in [0, 0.05) is 23.2 Å². The van der Waals surface area contributed by atoms with Crippen molar-refractivity contribution in [2.75, 3.05) is 0 Å². The molecular formula is C16H18FN3S. The lowest BCUT2D eigenvalue weighted by Gasteiger charge is -2.07. The van der Waals surface area contributed by atoms with Gasteiger partial charge in [0.05, 0.1) is 11.4 Å². The van der Waals surface area contributed by atoms with Crippen LogP contribution in [-0.2, 0) is 12.3 Å². The highest BCUT2D eigenvalue weighted by Crippen LogP contribution is 2.22. The number of hydrogen-bond donors (Lipinski definition) is 1. The van der Waals surface area contributed by atoms with Crippen LogP contribution in [0.2, 0.25) is 0 Å². The summed E-state index contributed by atoms with van der Waals surface area (Å²) >= 11 is 1.56. The van der Waals surface area contributed by atoms with Gasteiger partial charge in [-0.1, -0.05) is 6.07 Å². The van der Waals surface area contributed by atoms with Crippen molar-refractivity contribution in [1.29, 1.82) is 0 Å². The van der Waals surface area contributed by atoms with E-state index < -0.39 is 0 Å². The normalized spacial score (nSPS) is 14.4. The molecule has 1 heterocycles. The maximum Gasteiger partial charge on any atom is 0.139 e. The average molecular weight is 303 g/mol. The zero-order valence-electron chi connectivity index (χ0n) is 12.0. The first-order chi connectivity index (χ1) is 10.2. The largest absolute Gasteiger partial charge is 0.308 e. The molecule has 0 atom stereocenters. The van der Waals surface area contributed by atoms with E-state index in [1.54, 1.807) is 17.8 Å². The number of hydrogen-bond acceptors (Lipinski definition) is 4. The minimum Gasteiger partial charge on any atom is -0.308 e. The van der Waals surface area contributed by atoms with Crippen LogP contribution >= 0.6 is 11.8 Å². The number of halogens is 1. The molecule has 0 amide bonds. The minimum atomic E-state index is -0.209. The standard InChI is InChI=1S/C16H18FN3S/c1-11-7-14(9-18-13-5-6-13)20-16(19-11)10-21-15-4-2-3-12(17)8-15/h2-4,7-8,13,18H,5-6,9-10H2,1H3. The van der Waals surface area contributed by atoms with Crippen molar-refractivity contribution in [3.8, 4) is 0 Å². The van der Waals surface area contributed by atoms with Crippen molar-refractivity contribution in [2.24, 2.45) is 0 Å². The number of benzene rings is 1. The second-order valence-electron chi connectivity index (χ2n) is 5.32. The van der Waals surface area contributed by atoms with E-state index in [4.69, 9.17) is 0 Å². The first-order valence-electron chi connectivity index (χ1n) is 7.14. The summed E-state index contributed by atoms with van der Waals surface area (Å²) in [5.41, 5.74) is 2.01. The molecule has 1 aliphatic carbocycles. The van der Waals surface area contributed by atoms with Gasteiger partial charge in [-0.3, -0.25) is 0 Å². The molecular weight excluding hydrogens is 285 g/mol. The van der Waals surface area contributed by atoms with Gasteiger partial charge in [0.15, 0.2) is 0 Å². The van der Waals surface area contributed by atoms with Crippen molar-refractivity contribution in [1.82, 2.24) is 15.3 Å². The Labute approximate surface area is 128 Å². The fourth-order valence-corrected chi connectivity index (χ4v) is 2.89. The lowest BCUT2D eigenvalue weighted by atomic mass is 10.3. The van der Waals surface area contributed by atoms with Crippen LogP contribution < -0.4 is 5.32 Å². The van der Waals surface area contributed by atoms with E-state index in [9.17, 15) is 4.39 Å². The highest BCUT2D eigenvalue weighted by atomic mass is 32.2. The smallest absolute Gasteiger partial charge is 0.139 e. The summed E-state index contributed by atoms with van der Waals surface area (Å²) in [5.74, 6) is 1.25. The van der Waals surface area contributed by atoms with Crippen LogP contribution in [0.4, 0.5) is 4.39 Å². The van der Waals surface area contributed by atoms with E-state index in [2.05, 4.69) is 15.3 Å². The molecule has 2 aromatic rings. The van der Waals surface area contributed by atoms with Gasteiger partial charge in [-0.15, -0.1) is 11.8 Å². The van der Waals surface area contributed by atoms with Crippen LogP contribution in [0.5, 0.6) is 0 Å². The minimum absolute atomic E-state index is 0.209. The predicted octanol–water partition coefficient (Wildman–Crippen LogP) is 3.47. The average Bonchev–Trinajstić information content (AvgIpc) is 3.27. The van der Waals surface area contributed by atoms with E-state index >= 15 is 0 Å². The number of nitrogens with one attached hydrogen (secondary N) is 1. The van der Waals surface area contributed by atoms with Crippen molar-refractivity contribution in [3.63, 3.8) is 0 Å². The maximum absolute atomic E-state index is 13.2. The van der Waals surface area contributed by atoms with E-state index in [0.29, 0.717) is 11.8 Å². The first-order valence-corrected chi connectivity index (χ1v) is 8.13. The lowest BCUT2D eigenvalue weighted by molar-refractivity contribution is 0.624. The Kier molecular flexibility index (Phi) is 4.51. The molecule has 0 saturated heterocycles. The second kappa shape index (κ2) is 6.54. The van der Waals surface area contributed by atoms with Crippen LogP contribution in [-0.4, -0.2) is 16.0 Å². The van der Waals surface area contributed by atoms with Gasteiger partial charge < -0.3 is 5.32 Å². The molecule has 110 valence electrons. The molecule has 3 rings (SSSR count). The van der Waals surface area contributed by atoms with Crippen LogP contribution in [0, 0.1) is 12.7 Å².